The molecule has 0 radical (unpaired) electrons. The smallest absolute Gasteiger partial charge is 0.261 e. The minimum Gasteiger partial charge on any atom is -0.381 e. The van der Waals surface area contributed by atoms with E-state index in [0.29, 0.717) is 37.4 Å². The van der Waals surface area contributed by atoms with Crippen LogP contribution in [0.15, 0.2) is 36.4 Å². The fourth-order valence-corrected chi connectivity index (χ4v) is 3.17. The second-order valence-corrected chi connectivity index (χ2v) is 6.47. The van der Waals surface area contributed by atoms with Crippen LogP contribution >= 0.6 is 0 Å². The Labute approximate surface area is 160 Å². The minimum atomic E-state index is -1.68. The van der Waals surface area contributed by atoms with Crippen molar-refractivity contribution in [3.8, 4) is 0 Å². The highest BCUT2D eigenvalue weighted by Gasteiger charge is 2.31. The number of ether oxygens (including phenoxy) is 1. The van der Waals surface area contributed by atoms with Gasteiger partial charge in [-0.1, -0.05) is 0 Å². The zero-order valence-corrected chi connectivity index (χ0v) is 15.2. The van der Waals surface area contributed by atoms with Crippen LogP contribution in [0.5, 0.6) is 0 Å². The third-order valence-electron chi connectivity index (χ3n) is 4.51. The minimum absolute atomic E-state index is 0.242. The van der Waals surface area contributed by atoms with Gasteiger partial charge in [-0.3, -0.25) is 9.59 Å². The van der Waals surface area contributed by atoms with Crippen molar-refractivity contribution >= 4 is 23.2 Å². The molecule has 1 aliphatic rings. The summed E-state index contributed by atoms with van der Waals surface area (Å²) in [6, 6.07) is 7.81. The standard InChI is InChI=1S/C20H19F3N2O3/c1-12(26)24-13-2-4-14(5-3-13)25(15-8-10-28-11-9-15)20(27)16-6-7-17(21)19(23)18(16)22/h2-7,15H,8-11H2,1H3,(H,24,26). The molecule has 0 unspecified atom stereocenters. The van der Waals surface area contributed by atoms with Crippen LogP contribution in [-0.4, -0.2) is 31.1 Å². The summed E-state index contributed by atoms with van der Waals surface area (Å²) in [5, 5.41) is 2.62. The third kappa shape index (κ3) is 4.17. The van der Waals surface area contributed by atoms with E-state index < -0.39 is 28.9 Å². The molecular formula is C20H19F3N2O3. The van der Waals surface area contributed by atoms with Crippen LogP contribution in [0.25, 0.3) is 0 Å². The van der Waals surface area contributed by atoms with Crippen molar-refractivity contribution in [1.29, 1.82) is 0 Å². The monoisotopic (exact) mass is 392 g/mol. The predicted molar refractivity (Wildman–Crippen MR) is 97.7 cm³/mol. The van der Waals surface area contributed by atoms with Gasteiger partial charge >= 0.3 is 0 Å². The normalized spacial score (nSPS) is 14.6. The highest BCUT2D eigenvalue weighted by atomic mass is 19.2. The highest BCUT2D eigenvalue weighted by molar-refractivity contribution is 6.07. The van der Waals surface area contributed by atoms with E-state index in [0.717, 1.165) is 12.1 Å². The maximum atomic E-state index is 14.2. The van der Waals surface area contributed by atoms with Crippen molar-refractivity contribution in [2.75, 3.05) is 23.4 Å². The number of carbonyl (C=O) groups excluding carboxylic acids is 2. The van der Waals surface area contributed by atoms with Crippen LogP contribution < -0.4 is 10.2 Å². The van der Waals surface area contributed by atoms with Gasteiger partial charge in [0.25, 0.3) is 5.91 Å². The number of amides is 2. The van der Waals surface area contributed by atoms with E-state index in [9.17, 15) is 22.8 Å². The predicted octanol–water partition coefficient (Wildman–Crippen LogP) is 3.89. The maximum Gasteiger partial charge on any atom is 0.261 e. The number of nitrogens with zero attached hydrogens (tertiary/aromatic N) is 1. The molecule has 0 atom stereocenters. The molecule has 2 aromatic rings. The van der Waals surface area contributed by atoms with Gasteiger partial charge in [-0.05, 0) is 49.2 Å². The largest absolute Gasteiger partial charge is 0.381 e. The van der Waals surface area contributed by atoms with Crippen molar-refractivity contribution in [3.05, 3.63) is 59.4 Å². The highest BCUT2D eigenvalue weighted by Crippen LogP contribution is 2.28. The maximum absolute atomic E-state index is 14.2. The number of anilines is 2. The summed E-state index contributed by atoms with van der Waals surface area (Å²) in [6.45, 7) is 2.23. The van der Waals surface area contributed by atoms with Crippen molar-refractivity contribution in [1.82, 2.24) is 0 Å². The number of nitrogens with one attached hydrogen (secondary N) is 1. The van der Waals surface area contributed by atoms with E-state index in [1.807, 2.05) is 0 Å². The van der Waals surface area contributed by atoms with Crippen molar-refractivity contribution in [3.63, 3.8) is 0 Å². The first kappa shape index (κ1) is 19.9. The molecule has 0 bridgehead atoms. The van der Waals surface area contributed by atoms with E-state index in [1.54, 1.807) is 24.3 Å². The number of hydrogen-bond acceptors (Lipinski definition) is 3. The second-order valence-electron chi connectivity index (χ2n) is 6.47. The topological polar surface area (TPSA) is 58.6 Å². The van der Waals surface area contributed by atoms with Crippen LogP contribution in [0, 0.1) is 17.5 Å². The van der Waals surface area contributed by atoms with E-state index in [2.05, 4.69) is 5.32 Å². The van der Waals surface area contributed by atoms with Gasteiger partial charge in [0.1, 0.15) is 0 Å². The quantitative estimate of drug-likeness (QED) is 0.804. The lowest BCUT2D eigenvalue weighted by atomic mass is 10.0. The molecule has 0 aromatic heterocycles. The zero-order chi connectivity index (χ0) is 20.3. The first-order valence-corrected chi connectivity index (χ1v) is 8.81. The van der Waals surface area contributed by atoms with Gasteiger partial charge in [0.2, 0.25) is 5.91 Å². The average Bonchev–Trinajstić information content (AvgIpc) is 2.68. The molecule has 0 aliphatic carbocycles. The van der Waals surface area contributed by atoms with Gasteiger partial charge in [-0.15, -0.1) is 0 Å². The molecule has 0 spiro atoms. The van der Waals surface area contributed by atoms with Crippen molar-refractivity contribution < 1.29 is 27.5 Å². The first-order chi connectivity index (χ1) is 13.4. The molecule has 1 fully saturated rings. The molecule has 3 rings (SSSR count). The van der Waals surface area contributed by atoms with Crippen molar-refractivity contribution in [2.45, 2.75) is 25.8 Å². The molecule has 148 valence electrons. The number of benzene rings is 2. The van der Waals surface area contributed by atoms with E-state index in [4.69, 9.17) is 4.74 Å². The van der Waals surface area contributed by atoms with Crippen LogP contribution in [0.3, 0.4) is 0 Å². The fraction of sp³-hybridized carbons (Fsp3) is 0.300. The summed E-state index contributed by atoms with van der Waals surface area (Å²) < 4.78 is 46.5. The number of carbonyl (C=O) groups is 2. The number of rotatable bonds is 4. The number of hydrogen-bond donors (Lipinski definition) is 1. The van der Waals surface area contributed by atoms with Gasteiger partial charge in [0.15, 0.2) is 17.5 Å². The summed E-state index contributed by atoms with van der Waals surface area (Å²) in [5.74, 6) is -5.56. The van der Waals surface area contributed by atoms with Crippen LogP contribution in [-0.2, 0) is 9.53 Å². The molecule has 2 aromatic carbocycles. The van der Waals surface area contributed by atoms with Crippen molar-refractivity contribution in [2.24, 2.45) is 0 Å². The fourth-order valence-electron chi connectivity index (χ4n) is 3.17. The van der Waals surface area contributed by atoms with Crippen LogP contribution in [0.2, 0.25) is 0 Å². The Kier molecular flexibility index (Phi) is 5.99. The Balaban J connectivity index is 1.98. The average molecular weight is 392 g/mol. The summed E-state index contributed by atoms with van der Waals surface area (Å²) in [5.41, 5.74) is 0.445. The number of halogens is 3. The third-order valence-corrected chi connectivity index (χ3v) is 4.51. The molecule has 28 heavy (non-hydrogen) atoms. The van der Waals surface area contributed by atoms with Crippen LogP contribution in [0.4, 0.5) is 24.5 Å². The van der Waals surface area contributed by atoms with E-state index >= 15 is 0 Å². The zero-order valence-electron chi connectivity index (χ0n) is 15.2. The Morgan fingerprint density at radius 2 is 1.64 bits per heavy atom. The summed E-state index contributed by atoms with van der Waals surface area (Å²) in [4.78, 5) is 25.6. The molecule has 1 N–H and O–H groups in total. The van der Waals surface area contributed by atoms with E-state index in [-0.39, 0.29) is 11.9 Å². The molecule has 8 heteroatoms. The first-order valence-electron chi connectivity index (χ1n) is 8.81. The lowest BCUT2D eigenvalue weighted by Crippen LogP contribution is -2.44. The van der Waals surface area contributed by atoms with Gasteiger partial charge in [-0.25, -0.2) is 13.2 Å². The SMILES string of the molecule is CC(=O)Nc1ccc(N(C(=O)c2ccc(F)c(F)c2F)C2CCOCC2)cc1. The van der Waals surface area contributed by atoms with Gasteiger partial charge in [0.05, 0.1) is 5.56 Å². The Morgan fingerprint density at radius 1 is 1.00 bits per heavy atom. The molecule has 2 amide bonds. The van der Waals surface area contributed by atoms with Gasteiger partial charge in [0, 0.05) is 37.6 Å². The summed E-state index contributed by atoms with van der Waals surface area (Å²) in [6.07, 6.45) is 1.04. The second kappa shape index (κ2) is 8.43. The molecule has 1 heterocycles. The van der Waals surface area contributed by atoms with Gasteiger partial charge in [-0.2, -0.15) is 0 Å². The Morgan fingerprint density at radius 3 is 2.25 bits per heavy atom. The molecule has 1 saturated heterocycles. The molecule has 5 nitrogen and oxygen atoms in total. The summed E-state index contributed by atoms with van der Waals surface area (Å²) in [7, 11) is 0. The molecular weight excluding hydrogens is 373 g/mol. The van der Waals surface area contributed by atoms with Crippen LogP contribution in [0.1, 0.15) is 30.1 Å². The Hall–Kier alpha value is -2.87. The summed E-state index contributed by atoms with van der Waals surface area (Å²) >= 11 is 0. The molecule has 1 aliphatic heterocycles. The lowest BCUT2D eigenvalue weighted by Gasteiger charge is -2.34. The lowest BCUT2D eigenvalue weighted by molar-refractivity contribution is -0.114. The Bertz CT molecular complexity index is 881. The van der Waals surface area contributed by atoms with E-state index in [1.165, 1.54) is 11.8 Å². The molecule has 0 saturated carbocycles. The van der Waals surface area contributed by atoms with Gasteiger partial charge < -0.3 is 15.0 Å².